The Morgan fingerprint density at radius 3 is 2.33 bits per heavy atom. The molecule has 0 radical (unpaired) electrons. The van der Waals surface area contributed by atoms with E-state index in [0.29, 0.717) is 31.2 Å². The molecule has 2 amide bonds. The van der Waals surface area contributed by atoms with Gasteiger partial charge >= 0.3 is 0 Å². The van der Waals surface area contributed by atoms with E-state index in [-0.39, 0.29) is 29.8 Å². The van der Waals surface area contributed by atoms with Gasteiger partial charge in [-0.05, 0) is 38.0 Å². The quantitative estimate of drug-likeness (QED) is 0.596. The third-order valence-corrected chi connectivity index (χ3v) is 4.57. The third-order valence-electron chi connectivity index (χ3n) is 4.57. The number of aliphatic hydroxyl groups is 1. The minimum absolute atomic E-state index is 0.0208. The molecule has 1 N–H and O–H groups in total. The first-order valence-corrected chi connectivity index (χ1v) is 6.81. The number of hydrogen-bond acceptors (Lipinski definition) is 3. The molecule has 2 fully saturated rings. The molecule has 1 saturated heterocycles. The lowest BCUT2D eigenvalue weighted by atomic mass is 9.85. The van der Waals surface area contributed by atoms with Crippen molar-refractivity contribution in [1.82, 2.24) is 4.90 Å². The van der Waals surface area contributed by atoms with Crippen LogP contribution in [-0.4, -0.2) is 34.5 Å². The number of carbonyl (C=O) groups is 2. The summed E-state index contributed by atoms with van der Waals surface area (Å²) in [5.74, 6) is 0.453. The summed E-state index contributed by atoms with van der Waals surface area (Å²) in [7, 11) is 0. The number of aliphatic hydroxyl groups excluding tert-OH is 1. The molecular weight excluding hydrogens is 230 g/mol. The van der Waals surface area contributed by atoms with Crippen molar-refractivity contribution in [3.63, 3.8) is 0 Å². The number of carbonyl (C=O) groups excluding carboxylic acids is 2. The van der Waals surface area contributed by atoms with Gasteiger partial charge in [-0.25, -0.2) is 0 Å². The smallest absolute Gasteiger partial charge is 0.233 e. The van der Waals surface area contributed by atoms with E-state index >= 15 is 0 Å². The molecule has 0 aromatic carbocycles. The van der Waals surface area contributed by atoms with Gasteiger partial charge in [-0.3, -0.25) is 14.5 Å². The van der Waals surface area contributed by atoms with Crippen LogP contribution in [0.1, 0.15) is 26.2 Å². The van der Waals surface area contributed by atoms with Gasteiger partial charge in [0.15, 0.2) is 0 Å². The normalized spacial score (nSPS) is 38.7. The number of hydrogen-bond donors (Lipinski definition) is 1. The highest BCUT2D eigenvalue weighted by Crippen LogP contribution is 2.52. The molecule has 4 nitrogen and oxygen atoms in total. The Bertz CT molecular complexity index is 385. The molecule has 5 unspecified atom stereocenters. The van der Waals surface area contributed by atoms with Crippen LogP contribution in [0.4, 0.5) is 0 Å². The number of nitrogens with zero attached hydrogens (tertiary/aromatic N) is 1. The van der Waals surface area contributed by atoms with Crippen molar-refractivity contribution >= 4 is 11.8 Å². The molecule has 0 aromatic rings. The molecule has 18 heavy (non-hydrogen) atoms. The number of fused-ring (bicyclic) bond motifs is 5. The third kappa shape index (κ3) is 1.62. The summed E-state index contributed by atoms with van der Waals surface area (Å²) in [6.45, 7) is 2.20. The summed E-state index contributed by atoms with van der Waals surface area (Å²) < 4.78 is 0. The van der Waals surface area contributed by atoms with Crippen molar-refractivity contribution in [2.24, 2.45) is 23.7 Å². The summed E-state index contributed by atoms with van der Waals surface area (Å²) in [5.41, 5.74) is 0. The van der Waals surface area contributed by atoms with Gasteiger partial charge in [0, 0.05) is 6.54 Å². The summed E-state index contributed by atoms with van der Waals surface area (Å²) in [6.07, 6.45) is 6.16. The Hall–Kier alpha value is -1.16. The minimum Gasteiger partial charge on any atom is -0.393 e. The number of allylic oxidation sites excluding steroid dienone is 2. The van der Waals surface area contributed by atoms with Gasteiger partial charge in [0.05, 0.1) is 17.9 Å². The van der Waals surface area contributed by atoms with Gasteiger partial charge in [0.1, 0.15) is 0 Å². The summed E-state index contributed by atoms with van der Waals surface area (Å²) >= 11 is 0. The van der Waals surface area contributed by atoms with Crippen LogP contribution in [-0.2, 0) is 9.59 Å². The van der Waals surface area contributed by atoms with E-state index in [9.17, 15) is 14.7 Å². The number of imide groups is 1. The predicted molar refractivity (Wildman–Crippen MR) is 65.4 cm³/mol. The van der Waals surface area contributed by atoms with E-state index in [2.05, 4.69) is 12.2 Å². The van der Waals surface area contributed by atoms with Crippen LogP contribution in [0.25, 0.3) is 0 Å². The largest absolute Gasteiger partial charge is 0.393 e. The van der Waals surface area contributed by atoms with Crippen molar-refractivity contribution < 1.29 is 14.7 Å². The number of rotatable bonds is 4. The molecule has 1 aliphatic heterocycles. The Morgan fingerprint density at radius 1 is 1.28 bits per heavy atom. The standard InChI is InChI=1S/C14H19NO3/c1-8(16)3-2-6-15-13(17)11-9-4-5-10(7-9)12(11)14(15)18/h4-5,8-12,16H,2-3,6-7H2,1H3. The van der Waals surface area contributed by atoms with Crippen LogP contribution in [0.5, 0.6) is 0 Å². The van der Waals surface area contributed by atoms with Crippen molar-refractivity contribution in [1.29, 1.82) is 0 Å². The molecule has 2 bridgehead atoms. The molecule has 1 heterocycles. The average Bonchev–Trinajstić information content (AvgIpc) is 2.97. The molecule has 1 saturated carbocycles. The highest BCUT2D eigenvalue weighted by Gasteiger charge is 2.58. The fraction of sp³-hybridized carbons (Fsp3) is 0.714. The first-order valence-electron chi connectivity index (χ1n) is 6.81. The highest BCUT2D eigenvalue weighted by molar-refractivity contribution is 6.06. The second-order valence-corrected chi connectivity index (χ2v) is 5.82. The topological polar surface area (TPSA) is 57.6 Å². The molecule has 98 valence electrons. The van der Waals surface area contributed by atoms with Crippen molar-refractivity contribution in [3.05, 3.63) is 12.2 Å². The van der Waals surface area contributed by atoms with Crippen LogP contribution in [0.3, 0.4) is 0 Å². The Kier molecular flexibility index (Phi) is 2.77. The maximum atomic E-state index is 12.3. The van der Waals surface area contributed by atoms with E-state index in [1.54, 1.807) is 6.92 Å². The molecule has 4 heteroatoms. The van der Waals surface area contributed by atoms with Crippen molar-refractivity contribution in [3.8, 4) is 0 Å². The van der Waals surface area contributed by atoms with Gasteiger partial charge in [-0.2, -0.15) is 0 Å². The molecule has 2 aliphatic carbocycles. The molecule has 3 aliphatic rings. The Morgan fingerprint density at radius 2 is 1.83 bits per heavy atom. The van der Waals surface area contributed by atoms with Gasteiger partial charge in [-0.15, -0.1) is 0 Å². The van der Waals surface area contributed by atoms with Crippen molar-refractivity contribution in [2.45, 2.75) is 32.3 Å². The van der Waals surface area contributed by atoms with E-state index in [4.69, 9.17) is 0 Å². The zero-order valence-electron chi connectivity index (χ0n) is 10.6. The van der Waals surface area contributed by atoms with Gasteiger partial charge < -0.3 is 5.11 Å². The van der Waals surface area contributed by atoms with Crippen LogP contribution >= 0.6 is 0 Å². The molecule has 0 aromatic heterocycles. The minimum atomic E-state index is -0.366. The number of likely N-dealkylation sites (tertiary alicyclic amines) is 1. The van der Waals surface area contributed by atoms with Gasteiger partial charge in [0.25, 0.3) is 0 Å². The second-order valence-electron chi connectivity index (χ2n) is 5.82. The Labute approximate surface area is 107 Å². The Balaban J connectivity index is 1.68. The monoisotopic (exact) mass is 249 g/mol. The lowest BCUT2D eigenvalue weighted by Crippen LogP contribution is -2.34. The van der Waals surface area contributed by atoms with Crippen LogP contribution < -0.4 is 0 Å². The molecule has 5 atom stereocenters. The predicted octanol–water partition coefficient (Wildman–Crippen LogP) is 0.955. The van der Waals surface area contributed by atoms with Crippen LogP contribution in [0.15, 0.2) is 12.2 Å². The van der Waals surface area contributed by atoms with E-state index in [1.807, 2.05) is 0 Å². The lowest BCUT2D eigenvalue weighted by Gasteiger charge is -2.17. The number of amides is 2. The molecule has 3 rings (SSSR count). The maximum absolute atomic E-state index is 12.3. The van der Waals surface area contributed by atoms with Gasteiger partial charge in [-0.1, -0.05) is 12.2 Å². The average molecular weight is 249 g/mol. The van der Waals surface area contributed by atoms with E-state index < -0.39 is 0 Å². The fourth-order valence-corrected chi connectivity index (χ4v) is 3.73. The SMILES string of the molecule is CC(O)CCCN1C(=O)C2C3C=CC(C3)C2C1=O. The van der Waals surface area contributed by atoms with Crippen LogP contribution in [0.2, 0.25) is 0 Å². The fourth-order valence-electron chi connectivity index (χ4n) is 3.73. The first kappa shape index (κ1) is 11.9. The highest BCUT2D eigenvalue weighted by atomic mass is 16.3. The van der Waals surface area contributed by atoms with Crippen LogP contribution in [0, 0.1) is 23.7 Å². The molecule has 0 spiro atoms. The first-order chi connectivity index (χ1) is 8.59. The summed E-state index contributed by atoms with van der Waals surface area (Å²) in [4.78, 5) is 26.0. The van der Waals surface area contributed by atoms with E-state index in [1.165, 1.54) is 4.90 Å². The zero-order chi connectivity index (χ0) is 12.9. The zero-order valence-corrected chi connectivity index (χ0v) is 10.6. The molecular formula is C14H19NO3. The summed E-state index contributed by atoms with van der Waals surface area (Å²) in [6, 6.07) is 0. The van der Waals surface area contributed by atoms with E-state index in [0.717, 1.165) is 6.42 Å². The summed E-state index contributed by atoms with van der Waals surface area (Å²) in [5, 5.41) is 9.22. The van der Waals surface area contributed by atoms with Crippen molar-refractivity contribution in [2.75, 3.05) is 6.54 Å². The second kappa shape index (κ2) is 4.19. The lowest BCUT2D eigenvalue weighted by molar-refractivity contribution is -0.140. The van der Waals surface area contributed by atoms with Gasteiger partial charge in [0.2, 0.25) is 11.8 Å². The maximum Gasteiger partial charge on any atom is 0.233 e.